The summed E-state index contributed by atoms with van der Waals surface area (Å²) < 4.78 is 12.4. The average Bonchev–Trinajstić information content (AvgIpc) is 3.43. The Labute approximate surface area is 203 Å². The molecule has 3 aliphatic rings. The van der Waals surface area contributed by atoms with E-state index in [0.717, 1.165) is 22.9 Å². The first-order valence-electron chi connectivity index (χ1n) is 11.9. The molecule has 3 saturated heterocycles. The van der Waals surface area contributed by atoms with Gasteiger partial charge in [-0.2, -0.15) is 5.26 Å². The molecule has 176 valence electrons. The molecule has 3 aromatic rings. The molecule has 7 heteroatoms. The highest BCUT2D eigenvalue weighted by Gasteiger charge is 2.73. The lowest BCUT2D eigenvalue weighted by Gasteiger charge is -2.31. The quantitative estimate of drug-likeness (QED) is 0.519. The van der Waals surface area contributed by atoms with Crippen LogP contribution in [0.5, 0.6) is 5.88 Å². The molecule has 3 aliphatic heterocycles. The third kappa shape index (κ3) is 3.10. The van der Waals surface area contributed by atoms with Crippen molar-refractivity contribution in [2.45, 2.75) is 44.3 Å². The van der Waals surface area contributed by atoms with Crippen molar-refractivity contribution in [2.75, 3.05) is 11.5 Å². The van der Waals surface area contributed by atoms with Crippen LogP contribution in [0.15, 0.2) is 54.6 Å². The van der Waals surface area contributed by atoms with Gasteiger partial charge in [0.1, 0.15) is 0 Å². The first-order valence-corrected chi connectivity index (χ1v) is 11.9. The van der Waals surface area contributed by atoms with E-state index in [-0.39, 0.29) is 11.8 Å². The number of aryl methyl sites for hydroxylation is 1. The van der Waals surface area contributed by atoms with Gasteiger partial charge in [0, 0.05) is 29.0 Å². The second-order valence-corrected chi connectivity index (χ2v) is 9.95. The van der Waals surface area contributed by atoms with E-state index in [1.165, 1.54) is 4.90 Å². The summed E-state index contributed by atoms with van der Waals surface area (Å²) in [5.41, 5.74) is 0.483. The van der Waals surface area contributed by atoms with Gasteiger partial charge in [0.05, 0.1) is 47.0 Å². The van der Waals surface area contributed by atoms with Gasteiger partial charge in [-0.15, -0.1) is 0 Å². The molecule has 35 heavy (non-hydrogen) atoms. The number of fused-ring (bicyclic) bond motifs is 6. The summed E-state index contributed by atoms with van der Waals surface area (Å²) in [5, 5.41) is 11.0. The summed E-state index contributed by atoms with van der Waals surface area (Å²) in [7, 11) is 0. The zero-order valence-electron chi connectivity index (χ0n) is 19.7. The molecular formula is C28H25N3O4. The highest BCUT2D eigenvalue weighted by molar-refractivity contribution is 6.26. The van der Waals surface area contributed by atoms with Gasteiger partial charge >= 0.3 is 0 Å². The van der Waals surface area contributed by atoms with Crippen molar-refractivity contribution in [1.82, 2.24) is 4.98 Å². The minimum Gasteiger partial charge on any atom is -0.478 e. The number of rotatable bonds is 5. The van der Waals surface area contributed by atoms with Crippen molar-refractivity contribution in [2.24, 2.45) is 11.8 Å². The van der Waals surface area contributed by atoms with Crippen molar-refractivity contribution in [3.05, 3.63) is 65.9 Å². The second-order valence-electron chi connectivity index (χ2n) is 9.95. The van der Waals surface area contributed by atoms with Gasteiger partial charge in [-0.25, -0.2) is 9.88 Å². The Morgan fingerprint density at radius 3 is 2.60 bits per heavy atom. The number of nitriles is 1. The van der Waals surface area contributed by atoms with Crippen molar-refractivity contribution in [1.29, 1.82) is 5.26 Å². The zero-order valence-corrected chi connectivity index (χ0v) is 19.7. The van der Waals surface area contributed by atoms with E-state index < -0.39 is 23.0 Å². The third-order valence-electron chi connectivity index (χ3n) is 7.91. The fraction of sp³-hybridized carbons (Fsp3) is 0.357. The van der Waals surface area contributed by atoms with Crippen LogP contribution in [0.3, 0.4) is 0 Å². The maximum absolute atomic E-state index is 13.9. The monoisotopic (exact) mass is 467 g/mol. The molecular weight excluding hydrogens is 442 g/mol. The summed E-state index contributed by atoms with van der Waals surface area (Å²) in [6.07, 6.45) is 1.93. The molecule has 0 N–H and O–H groups in total. The molecule has 4 heterocycles. The molecule has 2 aromatic carbocycles. The van der Waals surface area contributed by atoms with Crippen molar-refractivity contribution in [3.8, 4) is 11.9 Å². The van der Waals surface area contributed by atoms with Gasteiger partial charge in [0.2, 0.25) is 17.7 Å². The number of imide groups is 1. The highest BCUT2D eigenvalue weighted by Crippen LogP contribution is 2.62. The van der Waals surface area contributed by atoms with E-state index in [2.05, 4.69) is 11.1 Å². The molecule has 1 aromatic heterocycles. The van der Waals surface area contributed by atoms with E-state index in [1.807, 2.05) is 56.3 Å². The number of amides is 2. The Hall–Kier alpha value is -3.76. The highest BCUT2D eigenvalue weighted by atomic mass is 16.5. The summed E-state index contributed by atoms with van der Waals surface area (Å²) in [5.74, 6) is -1.00. The number of carbonyl (C=O) groups is 2. The molecule has 0 aliphatic carbocycles. The minimum atomic E-state index is -0.743. The lowest BCUT2D eigenvalue weighted by molar-refractivity contribution is -0.131. The van der Waals surface area contributed by atoms with E-state index in [1.54, 1.807) is 12.1 Å². The number of pyridine rings is 1. The van der Waals surface area contributed by atoms with Crippen LogP contribution < -0.4 is 9.64 Å². The molecule has 2 bridgehead atoms. The maximum Gasteiger partial charge on any atom is 0.240 e. The van der Waals surface area contributed by atoms with Crippen LogP contribution in [-0.2, 0) is 14.3 Å². The number of nitrogens with zero attached hydrogens (tertiary/aromatic N) is 3. The molecule has 2 amide bonds. The number of carbonyl (C=O) groups excluding carboxylic acids is 2. The van der Waals surface area contributed by atoms with Crippen LogP contribution in [0, 0.1) is 30.1 Å². The summed E-state index contributed by atoms with van der Waals surface area (Å²) >= 11 is 0. The number of hydrogen-bond acceptors (Lipinski definition) is 6. The maximum atomic E-state index is 13.9. The Balaban J connectivity index is 1.34. The normalized spacial score (nSPS) is 29.0. The van der Waals surface area contributed by atoms with Gasteiger partial charge in [-0.3, -0.25) is 9.59 Å². The van der Waals surface area contributed by atoms with Crippen LogP contribution in [-0.4, -0.2) is 34.6 Å². The smallest absolute Gasteiger partial charge is 0.240 e. The minimum absolute atomic E-state index is 0.222. The SMILES string of the molecule is Cc1cccc(OCCC23CCC(C)(O2)C2C(=O)N(c4ccc(C#N)c5ccccc45)C(=O)C23)n1. The molecule has 6 rings (SSSR count). The van der Waals surface area contributed by atoms with Crippen LogP contribution in [0.2, 0.25) is 0 Å². The Kier molecular flexibility index (Phi) is 4.74. The summed E-state index contributed by atoms with van der Waals surface area (Å²) in [6.45, 7) is 4.20. The van der Waals surface area contributed by atoms with Gasteiger partial charge in [0.15, 0.2) is 0 Å². The predicted molar refractivity (Wildman–Crippen MR) is 129 cm³/mol. The van der Waals surface area contributed by atoms with E-state index in [0.29, 0.717) is 36.6 Å². The second kappa shape index (κ2) is 7.62. The van der Waals surface area contributed by atoms with Gasteiger partial charge in [-0.05, 0) is 44.9 Å². The van der Waals surface area contributed by atoms with E-state index in [9.17, 15) is 14.9 Å². The topological polar surface area (TPSA) is 92.5 Å². The molecule has 0 spiro atoms. The molecule has 4 atom stereocenters. The number of aromatic nitrogens is 1. The van der Waals surface area contributed by atoms with Crippen molar-refractivity contribution in [3.63, 3.8) is 0 Å². The molecule has 4 unspecified atom stereocenters. The van der Waals surface area contributed by atoms with E-state index >= 15 is 0 Å². The molecule has 3 fully saturated rings. The summed E-state index contributed by atoms with van der Waals surface area (Å²) in [6, 6.07) is 18.6. The number of anilines is 1. The number of hydrogen-bond donors (Lipinski definition) is 0. The Morgan fingerprint density at radius 2 is 1.83 bits per heavy atom. The standard InChI is InChI=1S/C28H25N3O4/c1-17-6-5-9-22(30-17)34-15-14-28-13-12-27(2,35-28)23-24(28)26(33)31(25(23)32)21-11-10-18(16-29)19-7-3-4-8-20(19)21/h3-11,23-24H,12-15H2,1-2H3. The zero-order chi connectivity index (χ0) is 24.4. The Bertz CT molecular complexity index is 1430. The fourth-order valence-corrected chi connectivity index (χ4v) is 6.35. The van der Waals surface area contributed by atoms with Gasteiger partial charge < -0.3 is 9.47 Å². The van der Waals surface area contributed by atoms with E-state index in [4.69, 9.17) is 9.47 Å². The number of benzene rings is 2. The van der Waals surface area contributed by atoms with Gasteiger partial charge in [-0.1, -0.05) is 30.3 Å². The van der Waals surface area contributed by atoms with Crippen molar-refractivity contribution < 1.29 is 19.1 Å². The van der Waals surface area contributed by atoms with Crippen LogP contribution in [0.4, 0.5) is 5.69 Å². The predicted octanol–water partition coefficient (Wildman–Crippen LogP) is 4.31. The largest absolute Gasteiger partial charge is 0.478 e. The first-order chi connectivity index (χ1) is 16.9. The summed E-state index contributed by atoms with van der Waals surface area (Å²) in [4.78, 5) is 33.4. The van der Waals surface area contributed by atoms with Crippen LogP contribution >= 0.6 is 0 Å². The molecule has 7 nitrogen and oxygen atoms in total. The third-order valence-corrected chi connectivity index (χ3v) is 7.91. The van der Waals surface area contributed by atoms with Crippen LogP contribution in [0.25, 0.3) is 10.8 Å². The average molecular weight is 468 g/mol. The lowest BCUT2D eigenvalue weighted by Crippen LogP contribution is -2.43. The fourth-order valence-electron chi connectivity index (χ4n) is 6.35. The van der Waals surface area contributed by atoms with Crippen LogP contribution in [0.1, 0.15) is 37.4 Å². The van der Waals surface area contributed by atoms with Gasteiger partial charge in [0.25, 0.3) is 0 Å². The number of ether oxygens (including phenoxy) is 2. The lowest BCUT2D eigenvalue weighted by atomic mass is 9.67. The first kappa shape index (κ1) is 21.8. The Morgan fingerprint density at radius 1 is 1.06 bits per heavy atom. The molecule has 0 saturated carbocycles. The molecule has 0 radical (unpaired) electrons. The van der Waals surface area contributed by atoms with Crippen molar-refractivity contribution >= 4 is 28.3 Å².